The van der Waals surface area contributed by atoms with Crippen LogP contribution in [0.25, 0.3) is 10.9 Å². The minimum atomic E-state index is -2.21. The van der Waals surface area contributed by atoms with Crippen molar-refractivity contribution in [1.29, 1.82) is 0 Å². The van der Waals surface area contributed by atoms with E-state index in [0.29, 0.717) is 5.52 Å². The summed E-state index contributed by atoms with van der Waals surface area (Å²) in [6.07, 6.45) is 1.58. The maximum Gasteiger partial charge on any atom is 0.0923 e. The van der Waals surface area contributed by atoms with Gasteiger partial charge in [0.25, 0.3) is 0 Å². The van der Waals surface area contributed by atoms with Gasteiger partial charge in [0.2, 0.25) is 0 Å². The first-order chi connectivity index (χ1) is 7.68. The van der Waals surface area contributed by atoms with Crippen molar-refractivity contribution in [2.75, 3.05) is 0 Å². The van der Waals surface area contributed by atoms with E-state index >= 15 is 0 Å². The van der Waals surface area contributed by atoms with Gasteiger partial charge in [0.15, 0.2) is 0 Å². The summed E-state index contributed by atoms with van der Waals surface area (Å²) in [4.78, 5) is 0. The molecule has 1 aromatic carbocycles. The largest absolute Gasteiger partial charge is 0.275 e. The van der Waals surface area contributed by atoms with Crippen LogP contribution in [0.4, 0.5) is 0 Å². The smallest absolute Gasteiger partial charge is 0.0923 e. The van der Waals surface area contributed by atoms with Gasteiger partial charge >= 0.3 is 0 Å². The van der Waals surface area contributed by atoms with Gasteiger partial charge in [0.05, 0.1) is 5.52 Å². The van der Waals surface area contributed by atoms with Crippen molar-refractivity contribution < 1.29 is 4.11 Å². The van der Waals surface area contributed by atoms with Crippen molar-refractivity contribution in [1.82, 2.24) is 9.78 Å². The quantitative estimate of drug-likeness (QED) is 0.626. The van der Waals surface area contributed by atoms with Crippen molar-refractivity contribution in [3.8, 4) is 0 Å². The monoisotopic (exact) mass is 191 g/mol. The molecule has 0 amide bonds. The van der Waals surface area contributed by atoms with Crippen LogP contribution in [0.1, 0.15) is 30.4 Å². The third kappa shape index (κ3) is 1.52. The summed E-state index contributed by atoms with van der Waals surface area (Å²) in [5.74, 6) is 0. The second-order valence-electron chi connectivity index (χ2n) is 4.60. The zero-order valence-corrected chi connectivity index (χ0v) is 8.70. The molecule has 2 aromatic rings. The second kappa shape index (κ2) is 2.84. The number of nitrogens with zero attached hydrogens (tertiary/aromatic N) is 2. The minimum Gasteiger partial charge on any atom is -0.275 e. The summed E-state index contributed by atoms with van der Waals surface area (Å²) < 4.78 is 23.0. The number of benzene rings is 1. The molecule has 2 rings (SSSR count). The second-order valence-corrected chi connectivity index (χ2v) is 4.60. The predicted molar refractivity (Wildman–Crippen MR) is 59.4 cm³/mol. The Balaban J connectivity index is 2.56. The predicted octanol–water partition coefficient (Wildman–Crippen LogP) is 2.87. The lowest BCUT2D eigenvalue weighted by molar-refractivity contribution is 0.591. The maximum absolute atomic E-state index is 7.32. The van der Waals surface area contributed by atoms with Crippen molar-refractivity contribution >= 4 is 10.9 Å². The van der Waals surface area contributed by atoms with E-state index in [1.807, 2.05) is 18.2 Å². The van der Waals surface area contributed by atoms with Crippen LogP contribution in [-0.2, 0) is 12.4 Å². The fourth-order valence-corrected chi connectivity index (χ4v) is 1.49. The summed E-state index contributed by atoms with van der Waals surface area (Å²) in [6.45, 7) is 4.17. The van der Waals surface area contributed by atoms with Gasteiger partial charge in [-0.3, -0.25) is 4.68 Å². The topological polar surface area (TPSA) is 17.8 Å². The lowest BCUT2D eigenvalue weighted by Gasteiger charge is -2.18. The lowest BCUT2D eigenvalue weighted by Crippen LogP contribution is -2.10. The summed E-state index contributed by atoms with van der Waals surface area (Å²) >= 11 is 0. The zero-order valence-electron chi connectivity index (χ0n) is 11.7. The van der Waals surface area contributed by atoms with Gasteiger partial charge < -0.3 is 0 Å². The SMILES string of the molecule is [2H]C([2H])([2H])n1cc2cc(C(C)(C)C)ccc2n1. The van der Waals surface area contributed by atoms with E-state index in [-0.39, 0.29) is 5.41 Å². The number of hydrogen-bond acceptors (Lipinski definition) is 1. The van der Waals surface area contributed by atoms with E-state index in [9.17, 15) is 0 Å². The van der Waals surface area contributed by atoms with Crippen LogP contribution in [0, 0.1) is 0 Å². The van der Waals surface area contributed by atoms with Gasteiger partial charge in [-0.25, -0.2) is 0 Å². The Morgan fingerprint density at radius 3 is 2.79 bits per heavy atom. The van der Waals surface area contributed by atoms with E-state index in [4.69, 9.17) is 4.11 Å². The van der Waals surface area contributed by atoms with E-state index < -0.39 is 6.98 Å². The number of rotatable bonds is 0. The molecule has 0 aliphatic carbocycles. The van der Waals surface area contributed by atoms with Gasteiger partial charge in [-0.2, -0.15) is 5.10 Å². The Morgan fingerprint density at radius 1 is 1.36 bits per heavy atom. The molecule has 0 aliphatic rings. The molecule has 74 valence electrons. The van der Waals surface area contributed by atoms with Crippen molar-refractivity contribution in [2.24, 2.45) is 6.98 Å². The van der Waals surface area contributed by atoms with E-state index in [1.165, 1.54) is 5.56 Å². The highest BCUT2D eigenvalue weighted by Gasteiger charge is 2.14. The fraction of sp³-hybridized carbons (Fsp3) is 0.417. The molecule has 14 heavy (non-hydrogen) atoms. The van der Waals surface area contributed by atoms with Crippen LogP contribution in [0.5, 0.6) is 0 Å². The molecule has 0 atom stereocenters. The summed E-state index contributed by atoms with van der Waals surface area (Å²) in [5.41, 5.74) is 1.94. The molecular weight excluding hydrogens is 172 g/mol. The molecule has 1 heterocycles. The van der Waals surface area contributed by atoms with Crippen molar-refractivity contribution in [3.63, 3.8) is 0 Å². The van der Waals surface area contributed by atoms with Gasteiger partial charge in [0, 0.05) is 22.7 Å². The summed E-state index contributed by atoms with van der Waals surface area (Å²) in [5, 5.41) is 4.93. The number of aromatic nitrogens is 2. The molecule has 0 spiro atoms. The minimum absolute atomic E-state index is 0.0519. The highest BCUT2D eigenvalue weighted by molar-refractivity contribution is 5.79. The average molecular weight is 191 g/mol. The lowest BCUT2D eigenvalue weighted by atomic mass is 9.86. The molecule has 0 bridgehead atoms. The van der Waals surface area contributed by atoms with E-state index in [0.717, 1.165) is 10.1 Å². The fourth-order valence-electron chi connectivity index (χ4n) is 1.49. The Labute approximate surface area is 88.8 Å². The van der Waals surface area contributed by atoms with Gasteiger partial charge in [-0.1, -0.05) is 26.8 Å². The Morgan fingerprint density at radius 2 is 2.14 bits per heavy atom. The van der Waals surface area contributed by atoms with Gasteiger partial charge in [-0.05, 0) is 23.1 Å². The Hall–Kier alpha value is -1.31. The Kier molecular flexibility index (Phi) is 1.26. The molecule has 2 heteroatoms. The normalized spacial score (nSPS) is 16.4. The summed E-state index contributed by atoms with van der Waals surface area (Å²) in [7, 11) is 0. The Bertz CT molecular complexity index is 535. The highest BCUT2D eigenvalue weighted by atomic mass is 15.2. The third-order valence-electron chi connectivity index (χ3n) is 2.37. The van der Waals surface area contributed by atoms with Gasteiger partial charge in [-0.15, -0.1) is 0 Å². The summed E-state index contributed by atoms with van der Waals surface area (Å²) in [6, 6.07) is 5.88. The molecule has 0 fully saturated rings. The number of aryl methyl sites for hydroxylation is 1. The molecule has 1 aromatic heterocycles. The van der Waals surface area contributed by atoms with Crippen LogP contribution < -0.4 is 0 Å². The molecule has 2 nitrogen and oxygen atoms in total. The first-order valence-corrected chi connectivity index (χ1v) is 4.68. The molecular formula is C12H16N2. The molecule has 0 unspecified atom stereocenters. The van der Waals surface area contributed by atoms with Crippen molar-refractivity contribution in [3.05, 3.63) is 30.0 Å². The number of fused-ring (bicyclic) bond motifs is 1. The molecule has 0 saturated carbocycles. The average Bonchev–Trinajstić information content (AvgIpc) is 2.57. The van der Waals surface area contributed by atoms with Crippen molar-refractivity contribution in [2.45, 2.75) is 26.2 Å². The third-order valence-corrected chi connectivity index (χ3v) is 2.37. The first-order valence-electron chi connectivity index (χ1n) is 6.18. The molecule has 0 saturated heterocycles. The first kappa shape index (κ1) is 6.23. The highest BCUT2D eigenvalue weighted by Crippen LogP contribution is 2.25. The van der Waals surface area contributed by atoms with E-state index in [1.54, 1.807) is 6.20 Å². The van der Waals surface area contributed by atoms with Gasteiger partial charge in [0.1, 0.15) is 0 Å². The zero-order chi connectivity index (χ0) is 12.8. The van der Waals surface area contributed by atoms with Crippen LogP contribution in [0.3, 0.4) is 0 Å². The molecule has 0 radical (unpaired) electrons. The number of hydrogen-bond donors (Lipinski definition) is 0. The molecule has 0 N–H and O–H groups in total. The van der Waals surface area contributed by atoms with Crippen LogP contribution >= 0.6 is 0 Å². The van der Waals surface area contributed by atoms with Crippen LogP contribution in [0.15, 0.2) is 24.4 Å². The van der Waals surface area contributed by atoms with Crippen LogP contribution in [-0.4, -0.2) is 9.78 Å². The van der Waals surface area contributed by atoms with Crippen LogP contribution in [0.2, 0.25) is 0 Å². The standard InChI is InChI=1S/C12H16N2/c1-12(2,3)10-5-6-11-9(7-10)8-14(4)13-11/h5-8H,1-4H3/i4D3. The van der Waals surface area contributed by atoms with E-state index in [2.05, 4.69) is 25.9 Å². The maximum atomic E-state index is 7.32. The molecule has 0 aliphatic heterocycles.